The standard InChI is InChI=1S/C25H19FN4/c26-21-13-11-20(12-14-21)25-23(17-28-30(25)22-9-5-2-6-10-22)24(29-16-15-27-18-29)19-7-3-1-4-8-19/h1-18,24H. The summed E-state index contributed by atoms with van der Waals surface area (Å²) in [6, 6.07) is 26.7. The molecule has 5 heteroatoms. The van der Waals surface area contributed by atoms with E-state index in [1.54, 1.807) is 18.3 Å². The van der Waals surface area contributed by atoms with Crippen LogP contribution in [-0.4, -0.2) is 19.3 Å². The maximum atomic E-state index is 13.7. The minimum Gasteiger partial charge on any atom is -0.326 e. The molecule has 1 unspecified atom stereocenters. The summed E-state index contributed by atoms with van der Waals surface area (Å²) in [6.07, 6.45) is 7.43. The average molecular weight is 394 g/mol. The van der Waals surface area contributed by atoms with E-state index in [4.69, 9.17) is 5.10 Å². The zero-order valence-corrected chi connectivity index (χ0v) is 16.1. The highest BCUT2D eigenvalue weighted by Crippen LogP contribution is 2.36. The van der Waals surface area contributed by atoms with Gasteiger partial charge in [-0.2, -0.15) is 5.10 Å². The lowest BCUT2D eigenvalue weighted by molar-refractivity contribution is 0.628. The molecule has 5 rings (SSSR count). The summed E-state index contributed by atoms with van der Waals surface area (Å²) < 4.78 is 17.6. The molecule has 0 aliphatic carbocycles. The second-order valence-corrected chi connectivity index (χ2v) is 7.03. The van der Waals surface area contributed by atoms with Crippen molar-refractivity contribution in [3.05, 3.63) is 127 Å². The van der Waals surface area contributed by atoms with Crippen LogP contribution in [0.15, 0.2) is 110 Å². The molecule has 0 aliphatic rings. The predicted molar refractivity (Wildman–Crippen MR) is 115 cm³/mol. The second kappa shape index (κ2) is 7.79. The van der Waals surface area contributed by atoms with Crippen molar-refractivity contribution in [3.63, 3.8) is 0 Å². The summed E-state index contributed by atoms with van der Waals surface area (Å²) in [5.41, 5.74) is 4.89. The first-order valence-corrected chi connectivity index (χ1v) is 9.73. The van der Waals surface area contributed by atoms with Gasteiger partial charge in [0.25, 0.3) is 0 Å². The SMILES string of the molecule is Fc1ccc(-c2c(C(c3ccccc3)n3ccnc3)cnn2-c2ccccc2)cc1. The molecule has 4 nitrogen and oxygen atoms in total. The van der Waals surface area contributed by atoms with E-state index in [0.717, 1.165) is 28.1 Å². The number of rotatable bonds is 5. The van der Waals surface area contributed by atoms with Crippen molar-refractivity contribution < 1.29 is 4.39 Å². The monoisotopic (exact) mass is 394 g/mol. The van der Waals surface area contributed by atoms with Crippen molar-refractivity contribution in [1.82, 2.24) is 19.3 Å². The Hall–Kier alpha value is -3.99. The van der Waals surface area contributed by atoms with Crippen LogP contribution in [0, 0.1) is 5.82 Å². The van der Waals surface area contributed by atoms with Gasteiger partial charge in [0.1, 0.15) is 5.82 Å². The first-order chi connectivity index (χ1) is 14.8. The van der Waals surface area contributed by atoms with E-state index in [9.17, 15) is 4.39 Å². The summed E-state index contributed by atoms with van der Waals surface area (Å²) in [6.45, 7) is 0. The smallest absolute Gasteiger partial charge is 0.123 e. The quantitative estimate of drug-likeness (QED) is 0.394. The lowest BCUT2D eigenvalue weighted by Gasteiger charge is -2.20. The molecule has 0 aliphatic heterocycles. The number of benzene rings is 3. The van der Waals surface area contributed by atoms with Crippen LogP contribution < -0.4 is 0 Å². The van der Waals surface area contributed by atoms with Gasteiger partial charge in [0.2, 0.25) is 0 Å². The molecule has 3 aromatic carbocycles. The lowest BCUT2D eigenvalue weighted by atomic mass is 9.96. The zero-order valence-electron chi connectivity index (χ0n) is 16.1. The minimum atomic E-state index is -0.264. The number of para-hydroxylation sites is 1. The van der Waals surface area contributed by atoms with E-state index < -0.39 is 0 Å². The molecule has 1 atom stereocenters. The predicted octanol–water partition coefficient (Wildman–Crippen LogP) is 5.51. The second-order valence-electron chi connectivity index (χ2n) is 7.03. The molecule has 5 aromatic rings. The lowest BCUT2D eigenvalue weighted by Crippen LogP contribution is -2.12. The number of halogens is 1. The number of nitrogens with zero attached hydrogens (tertiary/aromatic N) is 4. The molecule has 30 heavy (non-hydrogen) atoms. The normalized spacial score (nSPS) is 12.0. The van der Waals surface area contributed by atoms with Crippen LogP contribution in [0.4, 0.5) is 4.39 Å². The van der Waals surface area contributed by atoms with E-state index in [-0.39, 0.29) is 11.9 Å². The van der Waals surface area contributed by atoms with Gasteiger partial charge in [-0.05, 0) is 42.0 Å². The average Bonchev–Trinajstić information content (AvgIpc) is 3.47. The molecule has 2 heterocycles. The minimum absolute atomic E-state index is 0.119. The summed E-state index contributed by atoms with van der Waals surface area (Å²) in [4.78, 5) is 4.26. The molecule has 0 amide bonds. The molecule has 0 saturated heterocycles. The number of imidazole rings is 1. The van der Waals surface area contributed by atoms with Gasteiger partial charge in [0, 0.05) is 23.5 Å². The van der Waals surface area contributed by atoms with E-state index >= 15 is 0 Å². The van der Waals surface area contributed by atoms with Gasteiger partial charge < -0.3 is 4.57 Å². The molecule has 146 valence electrons. The van der Waals surface area contributed by atoms with Gasteiger partial charge in [-0.1, -0.05) is 48.5 Å². The molecule has 0 spiro atoms. The molecule has 0 N–H and O–H groups in total. The van der Waals surface area contributed by atoms with Gasteiger partial charge in [-0.3, -0.25) is 0 Å². The van der Waals surface area contributed by atoms with Crippen LogP contribution in [-0.2, 0) is 0 Å². The van der Waals surface area contributed by atoms with Crippen LogP contribution >= 0.6 is 0 Å². The molecular formula is C25H19FN4. The number of hydrogen-bond donors (Lipinski definition) is 0. The maximum Gasteiger partial charge on any atom is 0.123 e. The van der Waals surface area contributed by atoms with E-state index in [2.05, 4.69) is 21.7 Å². The van der Waals surface area contributed by atoms with Crippen LogP contribution in [0.5, 0.6) is 0 Å². The fourth-order valence-electron chi connectivity index (χ4n) is 3.79. The van der Waals surface area contributed by atoms with Crippen LogP contribution in [0.2, 0.25) is 0 Å². The van der Waals surface area contributed by atoms with Crippen LogP contribution in [0.1, 0.15) is 17.2 Å². The van der Waals surface area contributed by atoms with Gasteiger partial charge in [0.05, 0.1) is 29.9 Å². The third kappa shape index (κ3) is 3.31. The van der Waals surface area contributed by atoms with Gasteiger partial charge in [-0.15, -0.1) is 0 Å². The Morgan fingerprint density at radius 3 is 2.17 bits per heavy atom. The summed E-state index contributed by atoms with van der Waals surface area (Å²) in [7, 11) is 0. The number of aromatic nitrogens is 4. The van der Waals surface area contributed by atoms with Crippen molar-refractivity contribution in [2.24, 2.45) is 0 Å². The maximum absolute atomic E-state index is 13.7. The highest BCUT2D eigenvalue weighted by molar-refractivity contribution is 5.67. The Morgan fingerprint density at radius 2 is 1.50 bits per heavy atom. The Bertz CT molecular complexity index is 1230. The first-order valence-electron chi connectivity index (χ1n) is 9.73. The Labute approximate surface area is 173 Å². The van der Waals surface area contributed by atoms with Crippen LogP contribution in [0.3, 0.4) is 0 Å². The molecule has 2 aromatic heterocycles. The molecular weight excluding hydrogens is 375 g/mol. The zero-order chi connectivity index (χ0) is 20.3. The van der Waals surface area contributed by atoms with Gasteiger partial charge in [0.15, 0.2) is 0 Å². The van der Waals surface area contributed by atoms with E-state index in [1.165, 1.54) is 12.1 Å². The largest absolute Gasteiger partial charge is 0.326 e. The third-order valence-corrected chi connectivity index (χ3v) is 5.15. The van der Waals surface area contributed by atoms with E-state index in [0.29, 0.717) is 0 Å². The van der Waals surface area contributed by atoms with Crippen molar-refractivity contribution in [3.8, 4) is 16.9 Å². The van der Waals surface area contributed by atoms with Crippen LogP contribution in [0.25, 0.3) is 16.9 Å². The molecule has 0 fully saturated rings. The van der Waals surface area contributed by atoms with Gasteiger partial charge in [-0.25, -0.2) is 14.1 Å². The fraction of sp³-hybridized carbons (Fsp3) is 0.0400. The Kier molecular flexibility index (Phi) is 4.69. The number of hydrogen-bond acceptors (Lipinski definition) is 2. The highest BCUT2D eigenvalue weighted by atomic mass is 19.1. The highest BCUT2D eigenvalue weighted by Gasteiger charge is 2.24. The summed E-state index contributed by atoms with van der Waals surface area (Å²) in [5, 5.41) is 4.73. The Morgan fingerprint density at radius 1 is 0.800 bits per heavy atom. The topological polar surface area (TPSA) is 35.6 Å². The summed E-state index contributed by atoms with van der Waals surface area (Å²) >= 11 is 0. The van der Waals surface area contributed by atoms with Crippen molar-refractivity contribution >= 4 is 0 Å². The fourth-order valence-corrected chi connectivity index (χ4v) is 3.79. The van der Waals surface area contributed by atoms with Crippen molar-refractivity contribution in [2.75, 3.05) is 0 Å². The van der Waals surface area contributed by atoms with Crippen molar-refractivity contribution in [2.45, 2.75) is 6.04 Å². The van der Waals surface area contributed by atoms with E-state index in [1.807, 2.05) is 71.9 Å². The van der Waals surface area contributed by atoms with Crippen molar-refractivity contribution in [1.29, 1.82) is 0 Å². The van der Waals surface area contributed by atoms with Gasteiger partial charge >= 0.3 is 0 Å². The summed E-state index contributed by atoms with van der Waals surface area (Å²) in [5.74, 6) is -0.264. The molecule has 0 saturated carbocycles. The first kappa shape index (κ1) is 18.1. The molecule has 0 bridgehead atoms. The molecule has 0 radical (unpaired) electrons. The third-order valence-electron chi connectivity index (χ3n) is 5.15. The Balaban J connectivity index is 1.77.